The largest absolute Gasteiger partial charge is 0.384 e. The number of methoxy groups -OCH3 is 1. The predicted octanol–water partition coefficient (Wildman–Crippen LogP) is 0.461. The highest BCUT2D eigenvalue weighted by molar-refractivity contribution is 5.83. The molecule has 1 rings (SSSR count). The van der Waals surface area contributed by atoms with Crippen LogP contribution in [-0.2, 0) is 9.53 Å². The molecule has 0 atom stereocenters. The van der Waals surface area contributed by atoms with Gasteiger partial charge >= 0.3 is 0 Å². The van der Waals surface area contributed by atoms with Crippen LogP contribution in [0.2, 0.25) is 0 Å². The Morgan fingerprint density at radius 2 is 1.95 bits per heavy atom. The minimum Gasteiger partial charge on any atom is -0.384 e. The van der Waals surface area contributed by atoms with Crippen LogP contribution in [-0.4, -0.2) is 63.8 Å². The van der Waals surface area contributed by atoms with Gasteiger partial charge in [-0.05, 0) is 39.0 Å². The van der Waals surface area contributed by atoms with Gasteiger partial charge in [-0.1, -0.05) is 13.8 Å². The number of nitrogens with one attached hydrogen (secondary N) is 2. The topological polar surface area (TPSA) is 53.6 Å². The van der Waals surface area contributed by atoms with Gasteiger partial charge in [-0.3, -0.25) is 4.79 Å². The van der Waals surface area contributed by atoms with Crippen molar-refractivity contribution in [1.29, 1.82) is 0 Å². The van der Waals surface area contributed by atoms with E-state index in [-0.39, 0.29) is 11.3 Å². The van der Waals surface area contributed by atoms with Gasteiger partial charge in [-0.15, -0.1) is 0 Å². The van der Waals surface area contributed by atoms with E-state index in [1.165, 1.54) is 0 Å². The Bertz CT molecular complexity index is 256. The highest BCUT2D eigenvalue weighted by Crippen LogP contribution is 2.29. The van der Waals surface area contributed by atoms with Crippen molar-refractivity contribution in [2.75, 3.05) is 53.0 Å². The van der Waals surface area contributed by atoms with Gasteiger partial charge < -0.3 is 20.3 Å². The Kier molecular flexibility index (Phi) is 7.34. The molecule has 1 aliphatic rings. The van der Waals surface area contributed by atoms with Gasteiger partial charge in [0.1, 0.15) is 0 Å². The quantitative estimate of drug-likeness (QED) is 0.673. The number of hydrogen-bond donors (Lipinski definition) is 2. The number of carbonyl (C=O) groups is 1. The number of likely N-dealkylation sites (N-methyl/N-ethyl adjacent to an activating group) is 1. The molecule has 0 spiro atoms. The lowest BCUT2D eigenvalue weighted by atomic mass is 9.78. The molecule has 5 nitrogen and oxygen atoms in total. The van der Waals surface area contributed by atoms with Crippen molar-refractivity contribution in [2.45, 2.75) is 26.7 Å². The number of piperidine rings is 1. The fourth-order valence-corrected chi connectivity index (χ4v) is 2.67. The molecule has 1 saturated heterocycles. The number of ether oxygens (including phenoxy) is 1. The molecule has 0 aromatic heterocycles. The molecule has 0 aromatic rings. The van der Waals surface area contributed by atoms with Gasteiger partial charge in [0.25, 0.3) is 0 Å². The molecule has 0 aliphatic carbocycles. The van der Waals surface area contributed by atoms with E-state index < -0.39 is 0 Å². The number of nitrogens with zero attached hydrogens (tertiary/aromatic N) is 1. The highest BCUT2D eigenvalue weighted by Gasteiger charge is 2.39. The van der Waals surface area contributed by atoms with Gasteiger partial charge in [-0.2, -0.15) is 0 Å². The average molecular weight is 271 g/mol. The van der Waals surface area contributed by atoms with Crippen LogP contribution in [0.5, 0.6) is 0 Å². The lowest BCUT2D eigenvalue weighted by Crippen LogP contribution is -2.51. The van der Waals surface area contributed by atoms with E-state index in [1.807, 2.05) is 0 Å². The normalized spacial score (nSPS) is 18.5. The zero-order chi connectivity index (χ0) is 14.1. The second kappa shape index (κ2) is 8.51. The van der Waals surface area contributed by atoms with Crippen molar-refractivity contribution >= 4 is 5.91 Å². The van der Waals surface area contributed by atoms with Gasteiger partial charge in [-0.25, -0.2) is 0 Å². The van der Waals surface area contributed by atoms with Crippen LogP contribution in [0.1, 0.15) is 26.7 Å². The average Bonchev–Trinajstić information content (AvgIpc) is 2.44. The van der Waals surface area contributed by atoms with Crippen LogP contribution in [0.3, 0.4) is 0 Å². The minimum absolute atomic E-state index is 0.156. The van der Waals surface area contributed by atoms with Crippen LogP contribution in [0.15, 0.2) is 0 Å². The first kappa shape index (κ1) is 16.4. The Hall–Kier alpha value is -0.650. The summed E-state index contributed by atoms with van der Waals surface area (Å²) >= 11 is 0. The first-order chi connectivity index (χ1) is 9.18. The number of hydrogen-bond acceptors (Lipinski definition) is 4. The summed E-state index contributed by atoms with van der Waals surface area (Å²) in [6.07, 6.45) is 1.72. The smallest absolute Gasteiger partial charge is 0.228 e. The second-order valence-electron chi connectivity index (χ2n) is 5.25. The summed E-state index contributed by atoms with van der Waals surface area (Å²) in [5.74, 6) is 0.156. The van der Waals surface area contributed by atoms with Crippen molar-refractivity contribution < 1.29 is 9.53 Å². The standard InChI is InChI=1S/C14H29N3O2/c1-4-17(5-2)11-10-16-13(18)14(12-19-3)6-8-15-9-7-14/h15H,4-12H2,1-3H3,(H,16,18). The molecular formula is C14H29N3O2. The van der Waals surface area contributed by atoms with Crippen molar-refractivity contribution in [1.82, 2.24) is 15.5 Å². The number of amides is 1. The summed E-state index contributed by atoms with van der Waals surface area (Å²) in [7, 11) is 1.67. The molecule has 1 amide bonds. The summed E-state index contributed by atoms with van der Waals surface area (Å²) in [6.45, 7) is 10.3. The van der Waals surface area contributed by atoms with E-state index in [4.69, 9.17) is 4.74 Å². The lowest BCUT2D eigenvalue weighted by Gasteiger charge is -2.35. The van der Waals surface area contributed by atoms with Crippen LogP contribution in [0, 0.1) is 5.41 Å². The lowest BCUT2D eigenvalue weighted by molar-refractivity contribution is -0.136. The molecule has 112 valence electrons. The third-order valence-electron chi connectivity index (χ3n) is 4.07. The van der Waals surface area contributed by atoms with E-state index in [0.29, 0.717) is 6.61 Å². The Morgan fingerprint density at radius 1 is 1.32 bits per heavy atom. The molecule has 1 aliphatic heterocycles. The van der Waals surface area contributed by atoms with Crippen molar-refractivity contribution in [2.24, 2.45) is 5.41 Å². The molecule has 0 bridgehead atoms. The Balaban J connectivity index is 2.44. The van der Waals surface area contributed by atoms with E-state index >= 15 is 0 Å². The summed E-state index contributed by atoms with van der Waals surface area (Å²) in [6, 6.07) is 0. The van der Waals surface area contributed by atoms with Crippen LogP contribution < -0.4 is 10.6 Å². The molecule has 2 N–H and O–H groups in total. The summed E-state index contributed by atoms with van der Waals surface area (Å²) < 4.78 is 5.28. The molecule has 0 saturated carbocycles. The molecular weight excluding hydrogens is 242 g/mol. The maximum Gasteiger partial charge on any atom is 0.228 e. The fourth-order valence-electron chi connectivity index (χ4n) is 2.67. The first-order valence-corrected chi connectivity index (χ1v) is 7.39. The van der Waals surface area contributed by atoms with Crippen LogP contribution >= 0.6 is 0 Å². The maximum atomic E-state index is 12.4. The zero-order valence-corrected chi connectivity index (χ0v) is 12.6. The number of rotatable bonds is 8. The maximum absolute atomic E-state index is 12.4. The Morgan fingerprint density at radius 3 is 2.47 bits per heavy atom. The fraction of sp³-hybridized carbons (Fsp3) is 0.929. The van der Waals surface area contributed by atoms with E-state index in [9.17, 15) is 4.79 Å². The molecule has 0 aromatic carbocycles. The predicted molar refractivity (Wildman–Crippen MR) is 77.2 cm³/mol. The zero-order valence-electron chi connectivity index (χ0n) is 12.6. The first-order valence-electron chi connectivity index (χ1n) is 7.39. The van der Waals surface area contributed by atoms with E-state index in [2.05, 4.69) is 29.4 Å². The summed E-state index contributed by atoms with van der Waals surface area (Å²) in [5, 5.41) is 6.39. The van der Waals surface area contributed by atoms with Crippen LogP contribution in [0.25, 0.3) is 0 Å². The van der Waals surface area contributed by atoms with Crippen LogP contribution in [0.4, 0.5) is 0 Å². The van der Waals surface area contributed by atoms with Gasteiger partial charge in [0.15, 0.2) is 0 Å². The number of carbonyl (C=O) groups excluding carboxylic acids is 1. The molecule has 5 heteroatoms. The van der Waals surface area contributed by atoms with E-state index in [0.717, 1.165) is 52.1 Å². The van der Waals surface area contributed by atoms with E-state index in [1.54, 1.807) is 7.11 Å². The van der Waals surface area contributed by atoms with Gasteiger partial charge in [0.2, 0.25) is 5.91 Å². The highest BCUT2D eigenvalue weighted by atomic mass is 16.5. The molecule has 0 radical (unpaired) electrons. The molecule has 1 fully saturated rings. The summed E-state index contributed by atoms with van der Waals surface area (Å²) in [4.78, 5) is 14.7. The molecule has 0 unspecified atom stereocenters. The van der Waals surface area contributed by atoms with Gasteiger partial charge in [0, 0.05) is 20.2 Å². The van der Waals surface area contributed by atoms with Gasteiger partial charge in [0.05, 0.1) is 12.0 Å². The molecule has 1 heterocycles. The third kappa shape index (κ3) is 4.75. The Labute approximate surface area is 117 Å². The van der Waals surface area contributed by atoms with Crippen molar-refractivity contribution in [3.8, 4) is 0 Å². The second-order valence-corrected chi connectivity index (χ2v) is 5.25. The summed E-state index contributed by atoms with van der Waals surface area (Å²) in [5.41, 5.74) is -0.330. The third-order valence-corrected chi connectivity index (χ3v) is 4.07. The SMILES string of the molecule is CCN(CC)CCNC(=O)C1(COC)CCNCC1. The van der Waals surface area contributed by atoms with Crippen molar-refractivity contribution in [3.05, 3.63) is 0 Å². The minimum atomic E-state index is -0.330. The molecule has 19 heavy (non-hydrogen) atoms. The monoisotopic (exact) mass is 271 g/mol. The van der Waals surface area contributed by atoms with Crippen molar-refractivity contribution in [3.63, 3.8) is 0 Å².